The number of sulfone groups is 1. The highest BCUT2D eigenvalue weighted by atomic mass is 32.2. The fourth-order valence-electron chi connectivity index (χ4n) is 1.54. The van der Waals surface area contributed by atoms with Crippen LogP contribution in [-0.4, -0.2) is 53.4 Å². The molecular weight excluding hydrogens is 300 g/mol. The molecule has 0 aromatic carbocycles. The molecule has 0 aliphatic rings. The Hall–Kier alpha value is -1.97. The Balaban J connectivity index is 2.68. The predicted molar refractivity (Wildman–Crippen MR) is 73.2 cm³/mol. The van der Waals surface area contributed by atoms with Crippen molar-refractivity contribution in [2.24, 2.45) is 5.73 Å². The molecule has 0 radical (unpaired) electrons. The third-order valence-corrected chi connectivity index (χ3v) is 4.36. The van der Waals surface area contributed by atoms with Crippen LogP contribution in [0, 0.1) is 6.92 Å². The molecule has 1 aromatic heterocycles. The van der Waals surface area contributed by atoms with E-state index in [0.717, 1.165) is 0 Å². The smallest absolute Gasteiger partial charge is 0.360 e. The van der Waals surface area contributed by atoms with E-state index in [2.05, 4.69) is 10.3 Å². The molecule has 1 rings (SSSR count). The van der Waals surface area contributed by atoms with Crippen molar-refractivity contribution in [3.05, 3.63) is 11.4 Å². The maximum Gasteiger partial charge on any atom is 0.360 e. The van der Waals surface area contributed by atoms with E-state index in [1.165, 1.54) is 4.68 Å². The fraction of sp³-hybridized carbons (Fsp3) is 0.636. The molecule has 118 valence electrons. The summed E-state index contributed by atoms with van der Waals surface area (Å²) < 4.78 is 29.5. The van der Waals surface area contributed by atoms with E-state index in [0.29, 0.717) is 5.69 Å². The van der Waals surface area contributed by atoms with E-state index in [1.54, 1.807) is 13.8 Å². The second kappa shape index (κ2) is 7.16. The number of primary amides is 1. The minimum absolute atomic E-state index is 0.0410. The van der Waals surface area contributed by atoms with Crippen LogP contribution in [0.25, 0.3) is 0 Å². The first-order valence-corrected chi connectivity index (χ1v) is 8.15. The van der Waals surface area contributed by atoms with Crippen molar-refractivity contribution >= 4 is 21.7 Å². The van der Waals surface area contributed by atoms with Gasteiger partial charge in [-0.2, -0.15) is 0 Å². The Morgan fingerprint density at radius 1 is 1.33 bits per heavy atom. The van der Waals surface area contributed by atoms with Gasteiger partial charge in [0, 0.05) is 6.42 Å². The van der Waals surface area contributed by atoms with Gasteiger partial charge >= 0.3 is 5.97 Å². The molecule has 0 saturated heterocycles. The largest absolute Gasteiger partial charge is 0.461 e. The fourth-order valence-corrected chi connectivity index (χ4v) is 2.71. The van der Waals surface area contributed by atoms with Crippen molar-refractivity contribution < 1.29 is 22.7 Å². The first-order valence-electron chi connectivity index (χ1n) is 6.32. The van der Waals surface area contributed by atoms with Crippen molar-refractivity contribution in [1.29, 1.82) is 0 Å². The molecule has 0 atom stereocenters. The van der Waals surface area contributed by atoms with Gasteiger partial charge in [0.25, 0.3) is 0 Å². The van der Waals surface area contributed by atoms with Gasteiger partial charge in [0.1, 0.15) is 0 Å². The van der Waals surface area contributed by atoms with E-state index in [9.17, 15) is 18.0 Å². The maximum absolute atomic E-state index is 11.7. The monoisotopic (exact) mass is 318 g/mol. The third-order valence-electron chi connectivity index (χ3n) is 2.72. The lowest BCUT2D eigenvalue weighted by Gasteiger charge is -2.05. The molecule has 0 saturated carbocycles. The Labute approximate surface area is 122 Å². The van der Waals surface area contributed by atoms with Crippen LogP contribution in [0.2, 0.25) is 0 Å². The highest BCUT2D eigenvalue weighted by Crippen LogP contribution is 2.06. The summed E-state index contributed by atoms with van der Waals surface area (Å²) in [6.07, 6.45) is -0.216. The van der Waals surface area contributed by atoms with Crippen molar-refractivity contribution in [3.63, 3.8) is 0 Å². The van der Waals surface area contributed by atoms with E-state index in [4.69, 9.17) is 10.5 Å². The number of rotatable bonds is 8. The van der Waals surface area contributed by atoms with Crippen LogP contribution < -0.4 is 5.73 Å². The molecule has 0 bridgehead atoms. The van der Waals surface area contributed by atoms with Crippen molar-refractivity contribution in [3.8, 4) is 0 Å². The van der Waals surface area contributed by atoms with Gasteiger partial charge < -0.3 is 10.5 Å². The van der Waals surface area contributed by atoms with Gasteiger partial charge in [-0.05, 0) is 13.8 Å². The second-order valence-corrected chi connectivity index (χ2v) is 6.64. The molecule has 1 heterocycles. The highest BCUT2D eigenvalue weighted by Gasteiger charge is 2.19. The van der Waals surface area contributed by atoms with Crippen LogP contribution in [0.3, 0.4) is 0 Å². The third kappa shape index (κ3) is 5.14. The van der Waals surface area contributed by atoms with Gasteiger partial charge in [0.15, 0.2) is 15.5 Å². The van der Waals surface area contributed by atoms with Crippen LogP contribution in [0.15, 0.2) is 0 Å². The van der Waals surface area contributed by atoms with Crippen LogP contribution in [0.4, 0.5) is 0 Å². The summed E-state index contributed by atoms with van der Waals surface area (Å²) in [5, 5.41) is 7.41. The summed E-state index contributed by atoms with van der Waals surface area (Å²) in [5.41, 5.74) is 5.40. The molecule has 0 spiro atoms. The number of carbonyl (C=O) groups excluding carboxylic acids is 2. The lowest BCUT2D eigenvalue weighted by molar-refractivity contribution is -0.117. The minimum atomic E-state index is -3.42. The predicted octanol–water partition coefficient (Wildman–Crippen LogP) is -0.947. The van der Waals surface area contributed by atoms with Crippen molar-refractivity contribution in [2.75, 3.05) is 18.1 Å². The molecule has 1 aromatic rings. The van der Waals surface area contributed by atoms with Crippen LogP contribution in [0.5, 0.6) is 0 Å². The average molecular weight is 318 g/mol. The summed E-state index contributed by atoms with van der Waals surface area (Å²) in [6, 6.07) is 0. The minimum Gasteiger partial charge on any atom is -0.461 e. The average Bonchev–Trinajstić information content (AvgIpc) is 2.76. The summed E-state index contributed by atoms with van der Waals surface area (Å²) >= 11 is 0. The zero-order valence-corrected chi connectivity index (χ0v) is 12.7. The molecular formula is C11H18N4O5S. The standard InChI is InChI=1S/C11H18N4O5S/c1-3-20-11(17)10-8(2)15(14-13-10)5-7-21(18,19)6-4-9(12)16/h3-7H2,1-2H3,(H2,12,16). The zero-order valence-electron chi connectivity index (χ0n) is 11.9. The lowest BCUT2D eigenvalue weighted by atomic mass is 10.3. The molecule has 0 aliphatic heterocycles. The summed E-state index contributed by atoms with van der Waals surface area (Å²) in [5.74, 6) is -1.79. The topological polar surface area (TPSA) is 134 Å². The molecule has 21 heavy (non-hydrogen) atoms. The number of hydrogen-bond donors (Lipinski definition) is 1. The van der Waals surface area contributed by atoms with Crippen LogP contribution in [-0.2, 0) is 25.9 Å². The first kappa shape index (κ1) is 17.1. The molecule has 9 nitrogen and oxygen atoms in total. The van der Waals surface area contributed by atoms with Crippen molar-refractivity contribution in [1.82, 2.24) is 15.0 Å². The molecule has 0 unspecified atom stereocenters. The highest BCUT2D eigenvalue weighted by molar-refractivity contribution is 7.91. The number of nitrogens with two attached hydrogens (primary N) is 1. The van der Waals surface area contributed by atoms with E-state index >= 15 is 0 Å². The van der Waals surface area contributed by atoms with Gasteiger partial charge in [0.2, 0.25) is 5.91 Å². The number of aryl methyl sites for hydroxylation is 1. The molecule has 1 amide bonds. The van der Waals surface area contributed by atoms with E-state index in [1.807, 2.05) is 0 Å². The number of aromatic nitrogens is 3. The molecule has 0 aliphatic carbocycles. The number of nitrogens with zero attached hydrogens (tertiary/aromatic N) is 3. The number of amides is 1. The Morgan fingerprint density at radius 3 is 2.57 bits per heavy atom. The number of carbonyl (C=O) groups is 2. The number of hydrogen-bond acceptors (Lipinski definition) is 7. The van der Waals surface area contributed by atoms with Crippen LogP contribution >= 0.6 is 0 Å². The molecule has 2 N–H and O–H groups in total. The summed E-state index contributed by atoms with van der Waals surface area (Å²) in [7, 11) is -3.42. The van der Waals surface area contributed by atoms with Gasteiger partial charge in [-0.15, -0.1) is 5.10 Å². The van der Waals surface area contributed by atoms with Crippen molar-refractivity contribution in [2.45, 2.75) is 26.8 Å². The molecule has 10 heteroatoms. The Bertz CT molecular complexity index is 623. The van der Waals surface area contributed by atoms with E-state index in [-0.39, 0.29) is 36.8 Å². The maximum atomic E-state index is 11.7. The summed E-state index contributed by atoms with van der Waals surface area (Å²) in [4.78, 5) is 22.1. The van der Waals surface area contributed by atoms with Gasteiger partial charge in [-0.3, -0.25) is 4.79 Å². The zero-order chi connectivity index (χ0) is 16.0. The summed E-state index contributed by atoms with van der Waals surface area (Å²) in [6.45, 7) is 3.53. The number of esters is 1. The number of ether oxygens (including phenoxy) is 1. The normalized spacial score (nSPS) is 11.3. The SMILES string of the molecule is CCOC(=O)c1nnn(CCS(=O)(=O)CCC(N)=O)c1C. The Kier molecular flexibility index (Phi) is 5.82. The quantitative estimate of drug-likeness (QED) is 0.611. The van der Waals surface area contributed by atoms with Gasteiger partial charge in [0.05, 0.1) is 30.4 Å². The van der Waals surface area contributed by atoms with Crippen LogP contribution in [0.1, 0.15) is 29.5 Å². The second-order valence-electron chi connectivity index (χ2n) is 4.34. The van der Waals surface area contributed by atoms with Gasteiger partial charge in [-0.25, -0.2) is 17.9 Å². The Morgan fingerprint density at radius 2 is 2.00 bits per heavy atom. The lowest BCUT2D eigenvalue weighted by Crippen LogP contribution is -2.21. The van der Waals surface area contributed by atoms with E-state index < -0.39 is 21.7 Å². The molecule has 0 fully saturated rings. The van der Waals surface area contributed by atoms with Gasteiger partial charge in [-0.1, -0.05) is 5.21 Å². The first-order chi connectivity index (χ1) is 9.76.